The highest BCUT2D eigenvalue weighted by Crippen LogP contribution is 2.19. The number of nitrogens with one attached hydrogen (secondary N) is 1. The van der Waals surface area contributed by atoms with Crippen molar-refractivity contribution in [1.29, 1.82) is 5.26 Å². The van der Waals surface area contributed by atoms with Crippen LogP contribution >= 0.6 is 15.9 Å². The van der Waals surface area contributed by atoms with Gasteiger partial charge in [0.15, 0.2) is 0 Å². The van der Waals surface area contributed by atoms with Crippen molar-refractivity contribution in [2.24, 2.45) is 0 Å². The van der Waals surface area contributed by atoms with Crippen molar-refractivity contribution in [1.82, 2.24) is 4.98 Å². The molecule has 0 atom stereocenters. The van der Waals surface area contributed by atoms with Crippen LogP contribution in [0, 0.1) is 11.3 Å². The molecular weight excluding hydrogens is 246 g/mol. The van der Waals surface area contributed by atoms with Gasteiger partial charge in [-0.1, -0.05) is 0 Å². The van der Waals surface area contributed by atoms with Crippen molar-refractivity contribution in [3.05, 3.63) is 32.2 Å². The first-order chi connectivity index (χ1) is 6.06. The Morgan fingerprint density at radius 1 is 1.62 bits per heavy atom. The maximum Gasteiger partial charge on any atom is 0.279 e. The molecule has 0 bridgehead atoms. The predicted molar refractivity (Wildman–Crippen MR) is 44.4 cm³/mol. The minimum absolute atomic E-state index is 0.131. The second-order valence-electron chi connectivity index (χ2n) is 2.18. The predicted octanol–water partition coefficient (Wildman–Crippen LogP) is 1.95. The second-order valence-corrected chi connectivity index (χ2v) is 3.04. The summed E-state index contributed by atoms with van der Waals surface area (Å²) in [7, 11) is 0. The summed E-state index contributed by atoms with van der Waals surface area (Å²) in [5.74, 6) is 0. The standard InChI is InChI=1S/C7H3BrF2N2O/c8-5-1-4(13)3(2-11)6(12-5)7(9)10/h1,7H,(H,12,13). The molecule has 0 amide bonds. The first-order valence-electron chi connectivity index (χ1n) is 3.17. The van der Waals surface area contributed by atoms with Gasteiger partial charge in [-0.25, -0.2) is 8.78 Å². The van der Waals surface area contributed by atoms with Crippen LogP contribution < -0.4 is 5.43 Å². The molecule has 0 spiro atoms. The van der Waals surface area contributed by atoms with E-state index < -0.39 is 23.1 Å². The number of aromatic nitrogens is 1. The third-order valence-electron chi connectivity index (χ3n) is 1.36. The van der Waals surface area contributed by atoms with Gasteiger partial charge < -0.3 is 4.98 Å². The van der Waals surface area contributed by atoms with Gasteiger partial charge >= 0.3 is 0 Å². The van der Waals surface area contributed by atoms with Gasteiger partial charge in [-0.3, -0.25) is 4.79 Å². The molecule has 0 fully saturated rings. The molecule has 1 rings (SSSR count). The van der Waals surface area contributed by atoms with Crippen LogP contribution in [-0.4, -0.2) is 4.98 Å². The van der Waals surface area contributed by atoms with Gasteiger partial charge in [-0.05, 0) is 15.9 Å². The van der Waals surface area contributed by atoms with E-state index in [0.717, 1.165) is 6.07 Å². The molecule has 0 saturated carbocycles. The largest absolute Gasteiger partial charge is 0.347 e. The zero-order valence-corrected chi connectivity index (χ0v) is 7.73. The highest BCUT2D eigenvalue weighted by Gasteiger charge is 2.16. The number of aromatic amines is 1. The number of halogens is 3. The quantitative estimate of drug-likeness (QED) is 0.773. The monoisotopic (exact) mass is 248 g/mol. The number of hydrogen-bond donors (Lipinski definition) is 1. The SMILES string of the molecule is N#Cc1c(C(F)F)[nH]c(Br)cc1=O. The summed E-state index contributed by atoms with van der Waals surface area (Å²) in [5.41, 5.74) is -1.91. The van der Waals surface area contributed by atoms with Gasteiger partial charge in [-0.2, -0.15) is 5.26 Å². The zero-order chi connectivity index (χ0) is 10.0. The molecule has 0 unspecified atom stereocenters. The van der Waals surface area contributed by atoms with Gasteiger partial charge in [0.25, 0.3) is 6.43 Å². The Morgan fingerprint density at radius 2 is 2.23 bits per heavy atom. The van der Waals surface area contributed by atoms with Gasteiger partial charge in [0.2, 0.25) is 5.43 Å². The number of nitriles is 1. The number of H-pyrrole nitrogens is 1. The minimum atomic E-state index is -2.86. The Balaban J connectivity index is 3.50. The fourth-order valence-electron chi connectivity index (χ4n) is 0.826. The number of pyridine rings is 1. The van der Waals surface area contributed by atoms with Crippen molar-refractivity contribution < 1.29 is 8.78 Å². The van der Waals surface area contributed by atoms with Crippen LogP contribution in [0.15, 0.2) is 15.5 Å². The van der Waals surface area contributed by atoms with E-state index in [9.17, 15) is 13.6 Å². The minimum Gasteiger partial charge on any atom is -0.347 e. The van der Waals surface area contributed by atoms with Crippen LogP contribution in [-0.2, 0) is 0 Å². The lowest BCUT2D eigenvalue weighted by Gasteiger charge is -2.02. The summed E-state index contributed by atoms with van der Waals surface area (Å²) in [5, 5.41) is 8.42. The van der Waals surface area contributed by atoms with Crippen molar-refractivity contribution in [2.45, 2.75) is 6.43 Å². The average molecular weight is 249 g/mol. The van der Waals surface area contributed by atoms with E-state index >= 15 is 0 Å². The van der Waals surface area contributed by atoms with E-state index in [2.05, 4.69) is 20.9 Å². The Kier molecular flexibility index (Phi) is 2.78. The molecule has 0 aliphatic carbocycles. The van der Waals surface area contributed by atoms with Crippen LogP contribution in [0.25, 0.3) is 0 Å². The fourth-order valence-corrected chi connectivity index (χ4v) is 1.25. The fraction of sp³-hybridized carbons (Fsp3) is 0.143. The molecule has 0 aliphatic rings. The van der Waals surface area contributed by atoms with E-state index in [1.165, 1.54) is 6.07 Å². The second kappa shape index (κ2) is 3.66. The first kappa shape index (κ1) is 9.86. The van der Waals surface area contributed by atoms with Crippen molar-refractivity contribution in [3.8, 4) is 6.07 Å². The van der Waals surface area contributed by atoms with E-state index in [-0.39, 0.29) is 4.60 Å². The van der Waals surface area contributed by atoms with Gasteiger partial charge in [0, 0.05) is 6.07 Å². The normalized spacial score (nSPS) is 10.1. The molecule has 1 heterocycles. The van der Waals surface area contributed by atoms with Crippen molar-refractivity contribution in [2.75, 3.05) is 0 Å². The van der Waals surface area contributed by atoms with Gasteiger partial charge in [0.1, 0.15) is 17.3 Å². The number of alkyl halides is 2. The molecule has 0 saturated heterocycles. The number of hydrogen-bond acceptors (Lipinski definition) is 2. The summed E-state index contributed by atoms with van der Waals surface area (Å²) in [6.45, 7) is 0. The molecule has 0 aliphatic heterocycles. The van der Waals surface area contributed by atoms with E-state index in [0.29, 0.717) is 0 Å². The summed E-state index contributed by atoms with van der Waals surface area (Å²) in [6.07, 6.45) is -2.86. The molecule has 13 heavy (non-hydrogen) atoms. The summed E-state index contributed by atoms with van der Waals surface area (Å²) in [4.78, 5) is 13.2. The maximum atomic E-state index is 12.2. The van der Waals surface area contributed by atoms with E-state index in [1.807, 2.05) is 0 Å². The third kappa shape index (κ3) is 1.92. The number of rotatable bonds is 1. The lowest BCUT2D eigenvalue weighted by atomic mass is 10.2. The molecule has 1 aromatic heterocycles. The van der Waals surface area contributed by atoms with Crippen molar-refractivity contribution >= 4 is 15.9 Å². The lowest BCUT2D eigenvalue weighted by molar-refractivity contribution is 0.145. The highest BCUT2D eigenvalue weighted by molar-refractivity contribution is 9.10. The van der Waals surface area contributed by atoms with E-state index in [4.69, 9.17) is 5.26 Å². The molecule has 1 aromatic rings. The average Bonchev–Trinajstić information content (AvgIpc) is 2.02. The Hall–Kier alpha value is -1.22. The molecule has 68 valence electrons. The summed E-state index contributed by atoms with van der Waals surface area (Å²) >= 11 is 2.85. The van der Waals surface area contributed by atoms with Crippen LogP contribution in [0.4, 0.5) is 8.78 Å². The molecule has 1 N–H and O–H groups in total. The first-order valence-corrected chi connectivity index (χ1v) is 3.96. The molecule has 0 aromatic carbocycles. The summed E-state index contributed by atoms with van der Waals surface area (Å²) < 4.78 is 24.6. The van der Waals surface area contributed by atoms with Gasteiger partial charge in [-0.15, -0.1) is 0 Å². The smallest absolute Gasteiger partial charge is 0.279 e. The van der Waals surface area contributed by atoms with Crippen LogP contribution in [0.3, 0.4) is 0 Å². The Bertz CT molecular complexity index is 421. The van der Waals surface area contributed by atoms with Crippen LogP contribution in [0.2, 0.25) is 0 Å². The highest BCUT2D eigenvalue weighted by atomic mass is 79.9. The van der Waals surface area contributed by atoms with E-state index in [1.54, 1.807) is 0 Å². The Morgan fingerprint density at radius 3 is 2.69 bits per heavy atom. The number of nitrogens with zero attached hydrogens (tertiary/aromatic N) is 1. The van der Waals surface area contributed by atoms with Crippen molar-refractivity contribution in [3.63, 3.8) is 0 Å². The lowest BCUT2D eigenvalue weighted by Crippen LogP contribution is -2.11. The Labute approximate surface area is 80.1 Å². The maximum absolute atomic E-state index is 12.2. The molecular formula is C7H3BrF2N2O. The summed E-state index contributed by atoms with van der Waals surface area (Å²) in [6, 6.07) is 2.46. The molecule has 0 radical (unpaired) electrons. The topological polar surface area (TPSA) is 56.6 Å². The zero-order valence-electron chi connectivity index (χ0n) is 6.14. The van der Waals surface area contributed by atoms with Crippen LogP contribution in [0.1, 0.15) is 17.7 Å². The van der Waals surface area contributed by atoms with Gasteiger partial charge in [0.05, 0.1) is 4.60 Å². The van der Waals surface area contributed by atoms with Crippen LogP contribution in [0.5, 0.6) is 0 Å². The molecule has 3 nitrogen and oxygen atoms in total. The molecule has 6 heteroatoms. The third-order valence-corrected chi connectivity index (χ3v) is 1.78.